The number of carbonyl (C=O) groups excluding carboxylic acids is 2. The number of ether oxygens (including phenoxy) is 2. The molecular weight excluding hydrogens is 846 g/mol. The van der Waals surface area contributed by atoms with Crippen LogP contribution in [0.4, 0.5) is 0 Å². The summed E-state index contributed by atoms with van der Waals surface area (Å²) in [6.45, 7) is 4.10. The number of esters is 2. The van der Waals surface area contributed by atoms with Gasteiger partial charge in [0.2, 0.25) is 0 Å². The van der Waals surface area contributed by atoms with E-state index in [-0.39, 0.29) is 26.1 Å². The van der Waals surface area contributed by atoms with Crippen molar-refractivity contribution in [2.75, 3.05) is 47.5 Å². The van der Waals surface area contributed by atoms with Gasteiger partial charge in [-0.15, -0.1) is 0 Å². The lowest BCUT2D eigenvalue weighted by molar-refractivity contribution is -0.870. The highest BCUT2D eigenvalue weighted by atomic mass is 31.2. The number of hydrogen-bond donors (Lipinski definition) is 0. The zero-order valence-electron chi connectivity index (χ0n) is 43.1. The molecule has 0 aromatic carbocycles. The Balaban J connectivity index is 4.14. The molecule has 0 aromatic heterocycles. The highest BCUT2D eigenvalue weighted by Gasteiger charge is 2.21. The number of quaternary nitrogens is 1. The Morgan fingerprint density at radius 1 is 0.485 bits per heavy atom. The van der Waals surface area contributed by atoms with E-state index >= 15 is 0 Å². The van der Waals surface area contributed by atoms with E-state index in [2.05, 4.69) is 86.8 Å². The van der Waals surface area contributed by atoms with Crippen LogP contribution in [0.3, 0.4) is 0 Å². The van der Waals surface area contributed by atoms with Crippen molar-refractivity contribution >= 4 is 19.8 Å². The maximum atomic E-state index is 12.8. The molecule has 0 N–H and O–H groups in total. The molecular formula is C56H100NO8P. The molecule has 0 aromatic rings. The lowest BCUT2D eigenvalue weighted by Crippen LogP contribution is -2.37. The summed E-state index contributed by atoms with van der Waals surface area (Å²) < 4.78 is 34.0. The molecule has 9 nitrogen and oxygen atoms in total. The molecule has 0 spiro atoms. The van der Waals surface area contributed by atoms with Crippen molar-refractivity contribution < 1.29 is 42.1 Å². The molecule has 0 fully saturated rings. The number of hydrogen-bond acceptors (Lipinski definition) is 8. The van der Waals surface area contributed by atoms with Crippen LogP contribution in [-0.4, -0.2) is 70.0 Å². The Morgan fingerprint density at radius 3 is 1.30 bits per heavy atom. The smallest absolute Gasteiger partial charge is 0.306 e. The predicted molar refractivity (Wildman–Crippen MR) is 277 cm³/mol. The summed E-state index contributed by atoms with van der Waals surface area (Å²) in [5.74, 6) is -0.845. The molecule has 2 unspecified atom stereocenters. The average Bonchev–Trinajstić information content (AvgIpc) is 3.27. The lowest BCUT2D eigenvalue weighted by atomic mass is 10.0. The number of rotatable bonds is 48. The Bertz CT molecular complexity index is 1350. The second kappa shape index (κ2) is 47.5. The molecule has 0 aliphatic rings. The van der Waals surface area contributed by atoms with E-state index in [9.17, 15) is 19.0 Å². The summed E-state index contributed by atoms with van der Waals surface area (Å²) in [6, 6.07) is 0. The van der Waals surface area contributed by atoms with Crippen LogP contribution in [-0.2, 0) is 32.7 Å². The van der Waals surface area contributed by atoms with Gasteiger partial charge in [0.15, 0.2) is 6.10 Å². The molecule has 66 heavy (non-hydrogen) atoms. The zero-order chi connectivity index (χ0) is 48.5. The number of likely N-dealkylation sites (N-methyl/N-ethyl adjacent to an activating group) is 1. The van der Waals surface area contributed by atoms with E-state index < -0.39 is 32.5 Å². The van der Waals surface area contributed by atoms with Gasteiger partial charge in [-0.2, -0.15) is 0 Å². The topological polar surface area (TPSA) is 111 Å². The van der Waals surface area contributed by atoms with Crippen molar-refractivity contribution in [2.24, 2.45) is 0 Å². The first kappa shape index (κ1) is 63.5. The van der Waals surface area contributed by atoms with Crippen molar-refractivity contribution in [2.45, 2.75) is 225 Å². The summed E-state index contributed by atoms with van der Waals surface area (Å²) >= 11 is 0. The largest absolute Gasteiger partial charge is 0.756 e. The van der Waals surface area contributed by atoms with Crippen LogP contribution in [0.2, 0.25) is 0 Å². The summed E-state index contributed by atoms with van der Waals surface area (Å²) in [6.07, 6.45) is 60.8. The first-order valence-corrected chi connectivity index (χ1v) is 28.1. The Hall–Kier alpha value is -2.55. The molecule has 382 valence electrons. The van der Waals surface area contributed by atoms with Crippen molar-refractivity contribution in [1.82, 2.24) is 0 Å². The minimum absolute atomic E-state index is 0.0343. The standard InChI is InChI=1S/C56H100NO8P/c1-6-8-10-12-14-16-18-20-21-22-23-24-25-26-27-28-29-30-31-32-33-34-35-37-39-41-43-45-47-49-56(59)65-54(53-64-66(60,61)63-51-50-57(3,4)5)52-62-55(58)48-46-44-42-40-38-36-19-17-15-13-11-9-7-2/h8,10,14,16-17,19-21,23-24,26-27,54H,6-7,9,11-13,15,18,22,25,28-53H2,1-5H3/b10-8-,16-14-,19-17-,21-20-,24-23-,27-26-. The van der Waals surface area contributed by atoms with Crippen LogP contribution in [0.25, 0.3) is 0 Å². The molecule has 0 aliphatic carbocycles. The molecule has 0 bridgehead atoms. The van der Waals surface area contributed by atoms with Gasteiger partial charge in [0.1, 0.15) is 19.8 Å². The quantitative estimate of drug-likeness (QED) is 0.0195. The lowest BCUT2D eigenvalue weighted by Gasteiger charge is -2.28. The zero-order valence-corrected chi connectivity index (χ0v) is 44.0. The van der Waals surface area contributed by atoms with Gasteiger partial charge in [-0.25, -0.2) is 0 Å². The maximum Gasteiger partial charge on any atom is 0.306 e. The van der Waals surface area contributed by atoms with Gasteiger partial charge < -0.3 is 27.9 Å². The van der Waals surface area contributed by atoms with Crippen molar-refractivity contribution in [3.63, 3.8) is 0 Å². The van der Waals surface area contributed by atoms with Crippen LogP contribution in [0.5, 0.6) is 0 Å². The minimum atomic E-state index is -4.63. The number of allylic oxidation sites excluding steroid dienone is 12. The van der Waals surface area contributed by atoms with Crippen LogP contribution in [0.1, 0.15) is 219 Å². The van der Waals surface area contributed by atoms with Crippen LogP contribution in [0, 0.1) is 0 Å². The van der Waals surface area contributed by atoms with Gasteiger partial charge in [0.05, 0.1) is 27.7 Å². The van der Waals surface area contributed by atoms with Crippen molar-refractivity contribution in [1.29, 1.82) is 0 Å². The molecule has 0 heterocycles. The van der Waals surface area contributed by atoms with Gasteiger partial charge in [-0.05, 0) is 83.5 Å². The van der Waals surface area contributed by atoms with E-state index in [0.29, 0.717) is 17.4 Å². The van der Waals surface area contributed by atoms with Gasteiger partial charge in [0.25, 0.3) is 7.82 Å². The SMILES string of the molecule is CC/C=C\C/C=C\C/C=C\C/C=C\C/C=C\CCCCCCCCCCCCCCCC(=O)OC(COC(=O)CCCCCCC/C=C\CCCCCC)COP(=O)([O-])OCC[N+](C)(C)C. The third-order valence-electron chi connectivity index (χ3n) is 11.2. The van der Waals surface area contributed by atoms with E-state index in [4.69, 9.17) is 18.5 Å². The first-order valence-electron chi connectivity index (χ1n) is 26.6. The van der Waals surface area contributed by atoms with E-state index in [1.165, 1.54) is 96.3 Å². The predicted octanol–water partition coefficient (Wildman–Crippen LogP) is 15.5. The van der Waals surface area contributed by atoms with Gasteiger partial charge >= 0.3 is 11.9 Å². The van der Waals surface area contributed by atoms with Crippen LogP contribution < -0.4 is 4.89 Å². The molecule has 0 rings (SSSR count). The van der Waals surface area contributed by atoms with Gasteiger partial charge in [-0.3, -0.25) is 14.2 Å². The maximum absolute atomic E-state index is 12.8. The second-order valence-electron chi connectivity index (χ2n) is 18.9. The minimum Gasteiger partial charge on any atom is -0.756 e. The highest BCUT2D eigenvalue weighted by molar-refractivity contribution is 7.45. The second-order valence-corrected chi connectivity index (χ2v) is 20.3. The number of carbonyl (C=O) groups is 2. The van der Waals surface area contributed by atoms with Gasteiger partial charge in [-0.1, -0.05) is 196 Å². The average molecular weight is 946 g/mol. The highest BCUT2D eigenvalue weighted by Crippen LogP contribution is 2.38. The summed E-state index contributed by atoms with van der Waals surface area (Å²) in [5, 5.41) is 0. The van der Waals surface area contributed by atoms with Crippen LogP contribution in [0.15, 0.2) is 72.9 Å². The van der Waals surface area contributed by atoms with E-state index in [0.717, 1.165) is 89.9 Å². The molecule has 10 heteroatoms. The van der Waals surface area contributed by atoms with Crippen LogP contribution >= 0.6 is 7.82 Å². The summed E-state index contributed by atoms with van der Waals surface area (Å²) in [4.78, 5) is 37.7. The van der Waals surface area contributed by atoms with E-state index in [1.807, 2.05) is 21.1 Å². The van der Waals surface area contributed by atoms with Crippen molar-refractivity contribution in [3.8, 4) is 0 Å². The molecule has 2 atom stereocenters. The number of unbranched alkanes of at least 4 members (excludes halogenated alkanes) is 22. The number of phosphoric acid groups is 1. The fraction of sp³-hybridized carbons (Fsp3) is 0.750. The first-order chi connectivity index (χ1) is 32.0. The molecule has 0 saturated heterocycles. The molecule has 0 amide bonds. The number of phosphoric ester groups is 1. The fourth-order valence-corrected chi connectivity index (χ4v) is 7.82. The third-order valence-corrected chi connectivity index (χ3v) is 12.2. The Labute approximate surface area is 406 Å². The van der Waals surface area contributed by atoms with E-state index in [1.54, 1.807) is 0 Å². The molecule has 0 radical (unpaired) electrons. The summed E-state index contributed by atoms with van der Waals surface area (Å²) in [5.41, 5.74) is 0. The Morgan fingerprint density at radius 2 is 0.864 bits per heavy atom. The molecule has 0 aliphatic heterocycles. The molecule has 0 saturated carbocycles. The van der Waals surface area contributed by atoms with Gasteiger partial charge in [0, 0.05) is 12.8 Å². The normalized spacial score (nSPS) is 14.0. The fourth-order valence-electron chi connectivity index (χ4n) is 7.09. The Kier molecular flexibility index (Phi) is 45.7. The monoisotopic (exact) mass is 946 g/mol. The third kappa shape index (κ3) is 50.9. The summed E-state index contributed by atoms with van der Waals surface area (Å²) in [7, 11) is 1.16. The number of nitrogens with zero attached hydrogens (tertiary/aromatic N) is 1. The van der Waals surface area contributed by atoms with Crippen molar-refractivity contribution in [3.05, 3.63) is 72.9 Å².